The van der Waals surface area contributed by atoms with Gasteiger partial charge in [0.15, 0.2) is 0 Å². The summed E-state index contributed by atoms with van der Waals surface area (Å²) in [5, 5.41) is 3.73. The molecule has 1 aromatic rings. The van der Waals surface area contributed by atoms with Gasteiger partial charge in [0.1, 0.15) is 0 Å². The first-order valence-electron chi connectivity index (χ1n) is 7.99. The van der Waals surface area contributed by atoms with Gasteiger partial charge in [-0.15, -0.1) is 0 Å². The smallest absolute Gasteiger partial charge is 0.0271 e. The molecule has 19 heavy (non-hydrogen) atoms. The maximum Gasteiger partial charge on any atom is 0.0271 e. The summed E-state index contributed by atoms with van der Waals surface area (Å²) in [4.78, 5) is 4.07. The van der Waals surface area contributed by atoms with Crippen LogP contribution in [0.3, 0.4) is 0 Å². The van der Waals surface area contributed by atoms with Crippen LogP contribution in [0, 0.1) is 0 Å². The summed E-state index contributed by atoms with van der Waals surface area (Å²) in [7, 11) is 0. The first kappa shape index (κ1) is 16.2. The number of hydrogen-bond acceptors (Lipinski definition) is 2. The molecule has 1 heterocycles. The monoisotopic (exact) mass is 262 g/mol. The van der Waals surface area contributed by atoms with Gasteiger partial charge < -0.3 is 5.32 Å². The van der Waals surface area contributed by atoms with Gasteiger partial charge in [-0.25, -0.2) is 0 Å². The van der Waals surface area contributed by atoms with E-state index in [4.69, 9.17) is 0 Å². The Morgan fingerprint density at radius 3 is 2.05 bits per heavy atom. The highest BCUT2D eigenvalue weighted by molar-refractivity contribution is 5.09. The summed E-state index contributed by atoms with van der Waals surface area (Å²) in [6.45, 7) is 5.53. The third-order valence-electron chi connectivity index (χ3n) is 3.66. The molecule has 108 valence electrons. The molecule has 0 spiro atoms. The molecule has 1 aromatic heterocycles. The topological polar surface area (TPSA) is 24.9 Å². The molecule has 0 aliphatic carbocycles. The number of pyridine rings is 1. The zero-order valence-corrected chi connectivity index (χ0v) is 12.7. The largest absolute Gasteiger partial charge is 0.310 e. The summed E-state index contributed by atoms with van der Waals surface area (Å²) in [5.74, 6) is 0. The normalized spacial score (nSPS) is 11.1. The van der Waals surface area contributed by atoms with Gasteiger partial charge in [0.25, 0.3) is 0 Å². The molecule has 0 amide bonds. The molecule has 0 unspecified atom stereocenters. The second-order valence-electron chi connectivity index (χ2n) is 5.42. The van der Waals surface area contributed by atoms with Crippen LogP contribution in [0.25, 0.3) is 0 Å². The van der Waals surface area contributed by atoms with Gasteiger partial charge in [-0.1, -0.05) is 52.4 Å². The van der Waals surface area contributed by atoms with Gasteiger partial charge in [-0.2, -0.15) is 0 Å². The molecule has 1 N–H and O–H groups in total. The molecule has 0 radical (unpaired) electrons. The van der Waals surface area contributed by atoms with E-state index in [1.807, 2.05) is 12.4 Å². The lowest BCUT2D eigenvalue weighted by Gasteiger charge is -2.18. The molecule has 0 aliphatic heterocycles. The lowest BCUT2D eigenvalue weighted by Crippen LogP contribution is -2.28. The molecule has 2 nitrogen and oxygen atoms in total. The minimum atomic E-state index is 0.686. The minimum Gasteiger partial charge on any atom is -0.310 e. The highest BCUT2D eigenvalue weighted by atomic mass is 14.9. The Hall–Kier alpha value is -0.890. The van der Waals surface area contributed by atoms with Crippen LogP contribution in [0.5, 0.6) is 0 Å². The fourth-order valence-corrected chi connectivity index (χ4v) is 2.39. The van der Waals surface area contributed by atoms with Gasteiger partial charge in [-0.05, 0) is 30.5 Å². The van der Waals surface area contributed by atoms with E-state index in [0.717, 1.165) is 6.54 Å². The van der Waals surface area contributed by atoms with Crippen molar-refractivity contribution in [2.75, 3.05) is 0 Å². The van der Waals surface area contributed by atoms with Crippen LogP contribution in [0.1, 0.15) is 70.8 Å². The van der Waals surface area contributed by atoms with Gasteiger partial charge in [0, 0.05) is 25.0 Å². The molecule has 0 aromatic carbocycles. The lowest BCUT2D eigenvalue weighted by molar-refractivity contribution is 0.417. The van der Waals surface area contributed by atoms with Crippen LogP contribution in [0.4, 0.5) is 0 Å². The SMILES string of the molecule is CCCCCC(CCCCC)NCc1ccncc1. The van der Waals surface area contributed by atoms with Crippen LogP contribution in [-0.2, 0) is 6.54 Å². The zero-order valence-electron chi connectivity index (χ0n) is 12.7. The molecule has 2 heteroatoms. The molecule has 0 bridgehead atoms. The van der Waals surface area contributed by atoms with E-state index in [9.17, 15) is 0 Å². The zero-order chi connectivity index (χ0) is 13.8. The maximum atomic E-state index is 4.07. The molecule has 0 aliphatic rings. The lowest BCUT2D eigenvalue weighted by atomic mass is 10.0. The molecule has 1 rings (SSSR count). The number of nitrogens with zero attached hydrogens (tertiary/aromatic N) is 1. The number of hydrogen-bond donors (Lipinski definition) is 1. The standard InChI is InChI=1S/C17H30N2/c1-3-5-7-9-17(10-8-6-4-2)19-15-16-11-13-18-14-12-16/h11-14,17,19H,3-10,15H2,1-2H3. The number of aromatic nitrogens is 1. The van der Waals surface area contributed by atoms with E-state index >= 15 is 0 Å². The Kier molecular flexibility index (Phi) is 9.34. The van der Waals surface area contributed by atoms with Crippen molar-refractivity contribution in [2.24, 2.45) is 0 Å². The van der Waals surface area contributed by atoms with Crippen LogP contribution in [-0.4, -0.2) is 11.0 Å². The highest BCUT2D eigenvalue weighted by Crippen LogP contribution is 2.12. The molecular formula is C17H30N2. The predicted octanol–water partition coefficient (Wildman–Crippen LogP) is 4.70. The molecular weight excluding hydrogens is 232 g/mol. The van der Waals surface area contributed by atoms with Gasteiger partial charge in [0.2, 0.25) is 0 Å². The third-order valence-corrected chi connectivity index (χ3v) is 3.66. The van der Waals surface area contributed by atoms with Crippen molar-refractivity contribution >= 4 is 0 Å². The molecule has 0 saturated heterocycles. The van der Waals surface area contributed by atoms with Crippen molar-refractivity contribution in [2.45, 2.75) is 77.8 Å². The summed E-state index contributed by atoms with van der Waals surface area (Å²) in [5.41, 5.74) is 1.34. The molecule has 0 saturated carbocycles. The van der Waals surface area contributed by atoms with E-state index in [0.29, 0.717) is 6.04 Å². The Balaban J connectivity index is 2.30. The second kappa shape index (κ2) is 11.0. The van der Waals surface area contributed by atoms with Gasteiger partial charge >= 0.3 is 0 Å². The average Bonchev–Trinajstić information content (AvgIpc) is 2.45. The van der Waals surface area contributed by atoms with Crippen molar-refractivity contribution in [3.8, 4) is 0 Å². The first-order valence-corrected chi connectivity index (χ1v) is 7.99. The van der Waals surface area contributed by atoms with E-state index in [1.54, 1.807) is 0 Å². The van der Waals surface area contributed by atoms with Crippen molar-refractivity contribution in [3.05, 3.63) is 30.1 Å². The van der Waals surface area contributed by atoms with E-state index in [2.05, 4.69) is 36.3 Å². The Bertz CT molecular complexity index is 287. The Labute approximate surface area is 119 Å². The number of rotatable bonds is 11. The summed E-state index contributed by atoms with van der Waals surface area (Å²) in [6, 6.07) is 4.89. The van der Waals surface area contributed by atoms with Crippen molar-refractivity contribution in [1.29, 1.82) is 0 Å². The first-order chi connectivity index (χ1) is 9.36. The summed E-state index contributed by atoms with van der Waals surface area (Å²) in [6.07, 6.45) is 14.5. The van der Waals surface area contributed by atoms with Gasteiger partial charge in [0.05, 0.1) is 0 Å². The Morgan fingerprint density at radius 1 is 0.947 bits per heavy atom. The van der Waals surface area contributed by atoms with Crippen LogP contribution < -0.4 is 5.32 Å². The van der Waals surface area contributed by atoms with Crippen LogP contribution in [0.15, 0.2) is 24.5 Å². The fourth-order valence-electron chi connectivity index (χ4n) is 2.39. The highest BCUT2D eigenvalue weighted by Gasteiger charge is 2.07. The van der Waals surface area contributed by atoms with Gasteiger partial charge in [-0.3, -0.25) is 4.98 Å². The van der Waals surface area contributed by atoms with Crippen molar-refractivity contribution < 1.29 is 0 Å². The van der Waals surface area contributed by atoms with Crippen LogP contribution in [0.2, 0.25) is 0 Å². The van der Waals surface area contributed by atoms with Crippen molar-refractivity contribution in [3.63, 3.8) is 0 Å². The Morgan fingerprint density at radius 2 is 1.53 bits per heavy atom. The summed E-state index contributed by atoms with van der Waals surface area (Å²) < 4.78 is 0. The van der Waals surface area contributed by atoms with E-state index in [-0.39, 0.29) is 0 Å². The molecule has 0 atom stereocenters. The average molecular weight is 262 g/mol. The second-order valence-corrected chi connectivity index (χ2v) is 5.42. The molecule has 0 fully saturated rings. The number of unbranched alkanes of at least 4 members (excludes halogenated alkanes) is 4. The predicted molar refractivity (Wildman–Crippen MR) is 83.1 cm³/mol. The maximum absolute atomic E-state index is 4.07. The summed E-state index contributed by atoms with van der Waals surface area (Å²) >= 11 is 0. The fraction of sp³-hybridized carbons (Fsp3) is 0.706. The quantitative estimate of drug-likeness (QED) is 0.585. The minimum absolute atomic E-state index is 0.686. The van der Waals surface area contributed by atoms with Crippen molar-refractivity contribution in [1.82, 2.24) is 10.3 Å². The third kappa shape index (κ3) is 7.99. The van der Waals surface area contributed by atoms with E-state index < -0.39 is 0 Å². The van der Waals surface area contributed by atoms with Crippen LogP contribution >= 0.6 is 0 Å². The van der Waals surface area contributed by atoms with E-state index in [1.165, 1.54) is 56.9 Å². The number of nitrogens with one attached hydrogen (secondary N) is 1.